The van der Waals surface area contributed by atoms with Gasteiger partial charge in [0.25, 0.3) is 0 Å². The molecule has 0 spiro atoms. The minimum atomic E-state index is -0.811. The van der Waals surface area contributed by atoms with Gasteiger partial charge in [0, 0.05) is 6.04 Å². The molecule has 1 fully saturated rings. The number of rotatable bonds is 6. The van der Waals surface area contributed by atoms with Crippen molar-refractivity contribution in [1.82, 2.24) is 5.32 Å². The molecule has 2 N–H and O–H groups in total. The number of benzene rings is 1. The minimum absolute atomic E-state index is 0.0852. The maximum absolute atomic E-state index is 13.3. The molecule has 1 amide bonds. The summed E-state index contributed by atoms with van der Waals surface area (Å²) in [7, 11) is 0. The molecule has 1 aliphatic carbocycles. The van der Waals surface area contributed by atoms with Crippen LogP contribution in [0.25, 0.3) is 0 Å². The number of carboxylic acids is 1. The molecule has 6 heteroatoms. The Balaban J connectivity index is 1.69. The van der Waals surface area contributed by atoms with Crippen LogP contribution in [0.4, 0.5) is 4.39 Å². The van der Waals surface area contributed by atoms with Crippen molar-refractivity contribution in [1.29, 1.82) is 0 Å². The van der Waals surface area contributed by atoms with E-state index in [0.29, 0.717) is 19.3 Å². The number of ether oxygens (including phenoxy) is 1. The summed E-state index contributed by atoms with van der Waals surface area (Å²) in [4.78, 5) is 22.5. The first kappa shape index (κ1) is 15.3. The lowest BCUT2D eigenvalue weighted by Crippen LogP contribution is -2.34. The molecule has 2 rings (SSSR count). The molecule has 1 aliphatic rings. The standard InChI is InChI=1S/C15H18FNO4/c16-12-3-1-2-4-13(12)21-8-7-14(18)17-11-6-5-10(9-11)15(19)20/h1-4,10-11H,5-9H2,(H,17,18)(H,19,20)/t10-,11+/m1/s1. The number of para-hydroxylation sites is 1. The average molecular weight is 295 g/mol. The topological polar surface area (TPSA) is 75.6 Å². The zero-order valence-electron chi connectivity index (χ0n) is 11.5. The van der Waals surface area contributed by atoms with Gasteiger partial charge >= 0.3 is 5.97 Å². The number of hydrogen-bond donors (Lipinski definition) is 2. The SMILES string of the molecule is O=C(CCOc1ccccc1F)N[C@H]1CC[C@@H](C(=O)O)C1. The molecule has 0 saturated heterocycles. The van der Waals surface area contributed by atoms with Gasteiger partial charge in [-0.25, -0.2) is 4.39 Å². The first-order valence-corrected chi connectivity index (χ1v) is 6.95. The van der Waals surface area contributed by atoms with Crippen molar-refractivity contribution in [2.24, 2.45) is 5.92 Å². The summed E-state index contributed by atoms with van der Waals surface area (Å²) in [5, 5.41) is 11.7. The fraction of sp³-hybridized carbons (Fsp3) is 0.467. The summed E-state index contributed by atoms with van der Waals surface area (Å²) >= 11 is 0. The lowest BCUT2D eigenvalue weighted by Gasteiger charge is -2.13. The van der Waals surface area contributed by atoms with Crippen molar-refractivity contribution in [3.63, 3.8) is 0 Å². The number of aliphatic carboxylic acids is 1. The van der Waals surface area contributed by atoms with Crippen LogP contribution in [0.15, 0.2) is 24.3 Å². The van der Waals surface area contributed by atoms with E-state index in [9.17, 15) is 14.0 Å². The second-order valence-corrected chi connectivity index (χ2v) is 5.14. The number of hydrogen-bond acceptors (Lipinski definition) is 3. The van der Waals surface area contributed by atoms with Crippen LogP contribution in [-0.4, -0.2) is 29.6 Å². The monoisotopic (exact) mass is 295 g/mol. The number of amides is 1. The first-order valence-electron chi connectivity index (χ1n) is 6.95. The molecule has 0 unspecified atom stereocenters. The van der Waals surface area contributed by atoms with Gasteiger partial charge in [-0.1, -0.05) is 12.1 Å². The normalized spacial score (nSPS) is 21.0. The van der Waals surface area contributed by atoms with Gasteiger partial charge in [-0.2, -0.15) is 0 Å². The van der Waals surface area contributed by atoms with Gasteiger partial charge in [0.05, 0.1) is 18.9 Å². The molecule has 0 radical (unpaired) electrons. The minimum Gasteiger partial charge on any atom is -0.490 e. The van der Waals surface area contributed by atoms with E-state index in [1.807, 2.05) is 0 Å². The highest BCUT2D eigenvalue weighted by atomic mass is 19.1. The Morgan fingerprint density at radius 3 is 2.76 bits per heavy atom. The van der Waals surface area contributed by atoms with E-state index in [2.05, 4.69) is 5.32 Å². The lowest BCUT2D eigenvalue weighted by molar-refractivity contribution is -0.141. The Kier molecular flexibility index (Phi) is 5.14. The summed E-state index contributed by atoms with van der Waals surface area (Å²) < 4.78 is 18.5. The molecular weight excluding hydrogens is 277 g/mol. The Morgan fingerprint density at radius 2 is 2.10 bits per heavy atom. The van der Waals surface area contributed by atoms with Crippen molar-refractivity contribution in [2.75, 3.05) is 6.61 Å². The molecule has 21 heavy (non-hydrogen) atoms. The summed E-state index contributed by atoms with van der Waals surface area (Å²) in [5.74, 6) is -1.72. The van der Waals surface area contributed by atoms with Crippen LogP contribution in [0.1, 0.15) is 25.7 Å². The zero-order valence-corrected chi connectivity index (χ0v) is 11.5. The van der Waals surface area contributed by atoms with Crippen molar-refractivity contribution in [3.8, 4) is 5.75 Å². The van der Waals surface area contributed by atoms with Crippen LogP contribution in [0, 0.1) is 11.7 Å². The lowest BCUT2D eigenvalue weighted by atomic mass is 10.1. The maximum atomic E-state index is 13.3. The molecule has 1 saturated carbocycles. The van der Waals surface area contributed by atoms with E-state index < -0.39 is 11.8 Å². The van der Waals surface area contributed by atoms with Gasteiger partial charge in [-0.3, -0.25) is 9.59 Å². The number of carbonyl (C=O) groups excluding carboxylic acids is 1. The molecule has 0 aromatic heterocycles. The Labute approximate surface area is 122 Å². The van der Waals surface area contributed by atoms with Crippen LogP contribution in [0.5, 0.6) is 5.75 Å². The second-order valence-electron chi connectivity index (χ2n) is 5.14. The van der Waals surface area contributed by atoms with Gasteiger partial charge in [-0.05, 0) is 31.4 Å². The zero-order chi connectivity index (χ0) is 15.2. The van der Waals surface area contributed by atoms with Gasteiger partial charge in [0.2, 0.25) is 5.91 Å². The summed E-state index contributed by atoms with van der Waals surface area (Å²) in [6.07, 6.45) is 1.85. The highest BCUT2D eigenvalue weighted by molar-refractivity contribution is 5.77. The van der Waals surface area contributed by atoms with Gasteiger partial charge in [0.1, 0.15) is 0 Å². The Hall–Kier alpha value is -2.11. The predicted molar refractivity (Wildman–Crippen MR) is 73.4 cm³/mol. The summed E-state index contributed by atoms with van der Waals surface area (Å²) in [5.41, 5.74) is 0. The first-order chi connectivity index (χ1) is 10.1. The van der Waals surface area contributed by atoms with Crippen molar-refractivity contribution < 1.29 is 23.8 Å². The van der Waals surface area contributed by atoms with Gasteiger partial charge < -0.3 is 15.2 Å². The highest BCUT2D eigenvalue weighted by Gasteiger charge is 2.30. The van der Waals surface area contributed by atoms with Crippen LogP contribution in [0.3, 0.4) is 0 Å². The summed E-state index contributed by atoms with van der Waals surface area (Å²) in [6, 6.07) is 5.92. The van der Waals surface area contributed by atoms with Crippen LogP contribution in [-0.2, 0) is 9.59 Å². The highest BCUT2D eigenvalue weighted by Crippen LogP contribution is 2.25. The van der Waals surface area contributed by atoms with Gasteiger partial charge in [-0.15, -0.1) is 0 Å². The van der Waals surface area contributed by atoms with Crippen molar-refractivity contribution >= 4 is 11.9 Å². The molecule has 5 nitrogen and oxygen atoms in total. The third kappa shape index (κ3) is 4.44. The Morgan fingerprint density at radius 1 is 1.33 bits per heavy atom. The van der Waals surface area contributed by atoms with E-state index in [1.54, 1.807) is 12.1 Å². The van der Waals surface area contributed by atoms with Crippen molar-refractivity contribution in [3.05, 3.63) is 30.1 Å². The molecule has 0 heterocycles. The molecule has 114 valence electrons. The van der Waals surface area contributed by atoms with Crippen LogP contribution in [0.2, 0.25) is 0 Å². The average Bonchev–Trinajstić information content (AvgIpc) is 2.89. The molecule has 1 aromatic rings. The quantitative estimate of drug-likeness (QED) is 0.841. The summed E-state index contributed by atoms with van der Waals surface area (Å²) in [6.45, 7) is 0.0852. The number of nitrogens with one attached hydrogen (secondary N) is 1. The van der Waals surface area contributed by atoms with Crippen LogP contribution >= 0.6 is 0 Å². The molecule has 0 aliphatic heterocycles. The number of carboxylic acid groups (broad SMARTS) is 1. The van der Waals surface area contributed by atoms with Crippen LogP contribution < -0.4 is 10.1 Å². The van der Waals surface area contributed by atoms with E-state index in [-0.39, 0.29) is 36.6 Å². The molecular formula is C15H18FNO4. The van der Waals surface area contributed by atoms with E-state index in [0.717, 1.165) is 0 Å². The predicted octanol–water partition coefficient (Wildman–Crippen LogP) is 1.96. The van der Waals surface area contributed by atoms with E-state index in [1.165, 1.54) is 12.1 Å². The third-order valence-corrected chi connectivity index (χ3v) is 3.57. The fourth-order valence-corrected chi connectivity index (χ4v) is 2.45. The second kappa shape index (κ2) is 7.06. The van der Waals surface area contributed by atoms with Crippen molar-refractivity contribution in [2.45, 2.75) is 31.7 Å². The Bertz CT molecular complexity index is 520. The van der Waals surface area contributed by atoms with E-state index in [4.69, 9.17) is 9.84 Å². The molecule has 1 aromatic carbocycles. The maximum Gasteiger partial charge on any atom is 0.306 e. The number of halogens is 1. The smallest absolute Gasteiger partial charge is 0.306 e. The third-order valence-electron chi connectivity index (χ3n) is 3.57. The molecule has 0 bridgehead atoms. The van der Waals surface area contributed by atoms with Gasteiger partial charge in [0.15, 0.2) is 11.6 Å². The fourth-order valence-electron chi connectivity index (χ4n) is 2.45. The largest absolute Gasteiger partial charge is 0.490 e. The van der Waals surface area contributed by atoms with E-state index >= 15 is 0 Å². The number of carbonyl (C=O) groups is 2. The molecule has 2 atom stereocenters.